The van der Waals surface area contributed by atoms with Gasteiger partial charge in [0.05, 0.1) is 17.0 Å². The van der Waals surface area contributed by atoms with E-state index in [4.69, 9.17) is 0 Å². The van der Waals surface area contributed by atoms with Crippen LogP contribution in [0, 0.1) is 5.92 Å². The molecule has 1 heterocycles. The first kappa shape index (κ1) is 21.0. The van der Waals surface area contributed by atoms with Crippen molar-refractivity contribution < 1.29 is 4.79 Å². The molecule has 0 aliphatic heterocycles. The number of amides is 1. The molecular weight excluding hydrogens is 382 g/mol. The highest BCUT2D eigenvalue weighted by Crippen LogP contribution is 2.26. The molecule has 152 valence electrons. The predicted octanol–water partition coefficient (Wildman–Crippen LogP) is 4.51. The van der Waals surface area contributed by atoms with Crippen molar-refractivity contribution in [2.75, 3.05) is 0 Å². The number of aromatic nitrogens is 4. The second-order valence-corrected chi connectivity index (χ2v) is 8.49. The van der Waals surface area contributed by atoms with Crippen molar-refractivity contribution in [1.29, 1.82) is 0 Å². The molecule has 3 rings (SSSR count). The van der Waals surface area contributed by atoms with Crippen molar-refractivity contribution in [1.82, 2.24) is 25.5 Å². The Labute approximate surface area is 176 Å². The first-order valence-electron chi connectivity index (χ1n) is 9.90. The average Bonchev–Trinajstić information content (AvgIpc) is 3.20. The molecule has 0 radical (unpaired) electrons. The molecule has 2 aromatic carbocycles. The number of hydrogen-bond donors (Lipinski definition) is 1. The largest absolute Gasteiger partial charge is 0.350 e. The van der Waals surface area contributed by atoms with Crippen LogP contribution in [-0.4, -0.2) is 32.2 Å². The lowest BCUT2D eigenvalue weighted by Gasteiger charge is -2.16. The zero-order valence-electron chi connectivity index (χ0n) is 17.1. The van der Waals surface area contributed by atoms with Crippen molar-refractivity contribution >= 4 is 17.7 Å². The molecule has 1 amide bonds. The first-order valence-corrected chi connectivity index (χ1v) is 10.9. The summed E-state index contributed by atoms with van der Waals surface area (Å²) in [6.45, 7) is 6.46. The van der Waals surface area contributed by atoms with E-state index < -0.39 is 0 Å². The van der Waals surface area contributed by atoms with Crippen LogP contribution < -0.4 is 5.32 Å². The topological polar surface area (TPSA) is 72.7 Å². The van der Waals surface area contributed by atoms with Gasteiger partial charge < -0.3 is 5.32 Å². The lowest BCUT2D eigenvalue weighted by molar-refractivity contribution is 0.0934. The Morgan fingerprint density at radius 3 is 2.52 bits per heavy atom. The zero-order valence-corrected chi connectivity index (χ0v) is 17.9. The molecule has 0 saturated carbocycles. The van der Waals surface area contributed by atoms with E-state index in [1.807, 2.05) is 54.6 Å². The van der Waals surface area contributed by atoms with Crippen molar-refractivity contribution in [3.63, 3.8) is 0 Å². The molecule has 0 saturated heterocycles. The highest BCUT2D eigenvalue weighted by atomic mass is 32.2. The van der Waals surface area contributed by atoms with E-state index >= 15 is 0 Å². The Balaban J connectivity index is 1.68. The highest BCUT2D eigenvalue weighted by molar-refractivity contribution is 7.98. The van der Waals surface area contributed by atoms with Crippen LogP contribution in [0.5, 0.6) is 0 Å². The van der Waals surface area contributed by atoms with E-state index in [-0.39, 0.29) is 11.9 Å². The second-order valence-electron chi connectivity index (χ2n) is 7.47. The number of nitrogens with one attached hydrogen (secondary N) is 1. The van der Waals surface area contributed by atoms with Crippen LogP contribution >= 0.6 is 11.8 Å². The number of carbonyl (C=O) groups excluding carboxylic acids is 1. The average molecular weight is 410 g/mol. The van der Waals surface area contributed by atoms with Crippen LogP contribution in [0.25, 0.3) is 5.69 Å². The third kappa shape index (κ3) is 5.90. The summed E-state index contributed by atoms with van der Waals surface area (Å²) in [4.78, 5) is 13.7. The number of para-hydroxylation sites is 1. The molecule has 3 aromatic rings. The molecule has 1 unspecified atom stereocenters. The summed E-state index contributed by atoms with van der Waals surface area (Å²) in [6.07, 6.45) is 2.07. The summed E-state index contributed by atoms with van der Waals surface area (Å²) in [5, 5.41) is 15.2. The Morgan fingerprint density at radius 1 is 1.03 bits per heavy atom. The molecule has 1 N–H and O–H groups in total. The molecular formula is C22H27N5OS. The summed E-state index contributed by atoms with van der Waals surface area (Å²) in [6, 6.07) is 17.6. The molecule has 1 aromatic heterocycles. The highest BCUT2D eigenvalue weighted by Gasteiger charge is 2.16. The van der Waals surface area contributed by atoms with Crippen molar-refractivity contribution in [3.05, 3.63) is 66.0 Å². The lowest BCUT2D eigenvalue weighted by atomic mass is 10.0. The van der Waals surface area contributed by atoms with E-state index in [1.165, 1.54) is 0 Å². The normalized spacial score (nSPS) is 12.1. The van der Waals surface area contributed by atoms with E-state index in [9.17, 15) is 4.79 Å². The van der Waals surface area contributed by atoms with Gasteiger partial charge in [-0.25, -0.2) is 0 Å². The maximum absolute atomic E-state index is 12.8. The molecule has 0 spiro atoms. The third-order valence-corrected chi connectivity index (χ3v) is 5.65. The number of tetrazole rings is 1. The summed E-state index contributed by atoms with van der Waals surface area (Å²) in [5.74, 6) is 1.90. The Morgan fingerprint density at radius 2 is 1.76 bits per heavy atom. The van der Waals surface area contributed by atoms with Gasteiger partial charge in [0.1, 0.15) is 0 Å². The van der Waals surface area contributed by atoms with Gasteiger partial charge in [0, 0.05) is 10.9 Å². The number of benzene rings is 2. The van der Waals surface area contributed by atoms with E-state index in [2.05, 4.69) is 41.6 Å². The maximum Gasteiger partial charge on any atom is 0.252 e. The summed E-state index contributed by atoms with van der Waals surface area (Å²) in [7, 11) is 0. The molecule has 6 nitrogen and oxygen atoms in total. The third-order valence-electron chi connectivity index (χ3n) is 4.58. The van der Waals surface area contributed by atoms with Gasteiger partial charge in [0.25, 0.3) is 5.91 Å². The minimum atomic E-state index is -0.0352. The number of thioether (sulfide) groups is 1. The van der Waals surface area contributed by atoms with Crippen molar-refractivity contribution in [2.45, 2.75) is 50.3 Å². The van der Waals surface area contributed by atoms with Gasteiger partial charge in [-0.3, -0.25) is 4.79 Å². The predicted molar refractivity (Wildman–Crippen MR) is 116 cm³/mol. The molecule has 7 heteroatoms. The fourth-order valence-electron chi connectivity index (χ4n) is 2.94. The molecule has 1 atom stereocenters. The maximum atomic E-state index is 12.8. The minimum absolute atomic E-state index is 0.0352. The van der Waals surface area contributed by atoms with Gasteiger partial charge in [0.2, 0.25) is 0 Å². The van der Waals surface area contributed by atoms with Crippen LogP contribution in [0.2, 0.25) is 0 Å². The van der Waals surface area contributed by atoms with Gasteiger partial charge in [-0.15, -0.1) is 16.9 Å². The quantitative estimate of drug-likeness (QED) is 0.527. The second kappa shape index (κ2) is 10.2. The van der Waals surface area contributed by atoms with Crippen LogP contribution in [-0.2, 0) is 5.75 Å². The van der Waals surface area contributed by atoms with Gasteiger partial charge in [-0.2, -0.15) is 4.68 Å². The molecule has 0 aliphatic carbocycles. The Bertz CT molecular complexity index is 926. The van der Waals surface area contributed by atoms with E-state index in [1.54, 1.807) is 16.4 Å². The van der Waals surface area contributed by atoms with Gasteiger partial charge >= 0.3 is 0 Å². The lowest BCUT2D eigenvalue weighted by Crippen LogP contribution is -2.33. The van der Waals surface area contributed by atoms with Crippen molar-refractivity contribution in [3.8, 4) is 5.69 Å². The van der Waals surface area contributed by atoms with E-state index in [0.29, 0.717) is 17.2 Å². The van der Waals surface area contributed by atoms with Crippen LogP contribution in [0.4, 0.5) is 0 Å². The summed E-state index contributed by atoms with van der Waals surface area (Å²) < 4.78 is 1.73. The van der Waals surface area contributed by atoms with Crippen LogP contribution in [0.1, 0.15) is 49.8 Å². The van der Waals surface area contributed by atoms with Crippen molar-refractivity contribution in [2.24, 2.45) is 5.92 Å². The van der Waals surface area contributed by atoms with Gasteiger partial charge in [-0.05, 0) is 60.4 Å². The molecule has 0 aliphatic rings. The number of nitrogens with zero attached hydrogens (tertiary/aromatic N) is 4. The fraction of sp³-hybridized carbons (Fsp3) is 0.364. The van der Waals surface area contributed by atoms with E-state index in [0.717, 1.165) is 29.2 Å². The molecule has 29 heavy (non-hydrogen) atoms. The zero-order chi connectivity index (χ0) is 20.6. The summed E-state index contributed by atoms with van der Waals surface area (Å²) >= 11 is 1.56. The fourth-order valence-corrected chi connectivity index (χ4v) is 3.90. The SMILES string of the molecule is CC(C)CCC(C)NC(=O)c1ccccc1SCc1nnnn1-c1ccccc1. The van der Waals surface area contributed by atoms with Crippen LogP contribution in [0.15, 0.2) is 59.5 Å². The number of carbonyl (C=O) groups is 1. The monoisotopic (exact) mass is 409 g/mol. The minimum Gasteiger partial charge on any atom is -0.350 e. The smallest absolute Gasteiger partial charge is 0.252 e. The molecule has 0 bridgehead atoms. The number of hydrogen-bond acceptors (Lipinski definition) is 5. The van der Waals surface area contributed by atoms with Gasteiger partial charge in [0.15, 0.2) is 5.82 Å². The Hall–Kier alpha value is -2.67. The Kier molecular flexibility index (Phi) is 7.41. The molecule has 0 fully saturated rings. The number of rotatable bonds is 9. The van der Waals surface area contributed by atoms with Gasteiger partial charge in [-0.1, -0.05) is 44.2 Å². The van der Waals surface area contributed by atoms with Crippen LogP contribution in [0.3, 0.4) is 0 Å². The first-order chi connectivity index (χ1) is 14.0. The standard InChI is InChI=1S/C22H27N5OS/c1-16(2)13-14-17(3)23-22(28)19-11-7-8-12-20(19)29-15-21-24-25-26-27(21)18-9-5-4-6-10-18/h4-12,16-17H,13-15H2,1-3H3,(H,23,28). The summed E-state index contributed by atoms with van der Waals surface area (Å²) in [5.41, 5.74) is 1.60.